The molecule has 1 heterocycles. The van der Waals surface area contributed by atoms with Crippen molar-refractivity contribution in [3.63, 3.8) is 0 Å². The van der Waals surface area contributed by atoms with Crippen LogP contribution in [0.2, 0.25) is 0 Å². The molecule has 84 valence electrons. The second kappa shape index (κ2) is 4.17. The van der Waals surface area contributed by atoms with Gasteiger partial charge in [-0.15, -0.1) is 0 Å². The van der Waals surface area contributed by atoms with Crippen LogP contribution in [0.3, 0.4) is 0 Å². The zero-order chi connectivity index (χ0) is 11.7. The Kier molecular flexibility index (Phi) is 2.87. The first kappa shape index (κ1) is 11.0. The summed E-state index contributed by atoms with van der Waals surface area (Å²) in [5, 5.41) is 9.80. The van der Waals surface area contributed by atoms with Crippen molar-refractivity contribution in [3.05, 3.63) is 23.8 Å². The van der Waals surface area contributed by atoms with Gasteiger partial charge in [0.1, 0.15) is 0 Å². The van der Waals surface area contributed by atoms with E-state index in [-0.39, 0.29) is 5.56 Å². The molecule has 1 N–H and O–H groups in total. The maximum Gasteiger partial charge on any atom is 0.335 e. The van der Waals surface area contributed by atoms with Gasteiger partial charge < -0.3 is 9.67 Å². The average Bonchev–Trinajstić information content (AvgIpc) is 2.56. The van der Waals surface area contributed by atoms with Gasteiger partial charge in [0.15, 0.2) is 5.16 Å². The van der Waals surface area contributed by atoms with Crippen molar-refractivity contribution in [2.24, 2.45) is 7.05 Å². The molecule has 0 aliphatic carbocycles. The molecule has 0 radical (unpaired) electrons. The van der Waals surface area contributed by atoms with Crippen molar-refractivity contribution in [1.82, 2.24) is 9.55 Å². The van der Waals surface area contributed by atoms with Gasteiger partial charge in [-0.1, -0.05) is 18.7 Å². The number of hydrogen-bond donors (Lipinski definition) is 1. The van der Waals surface area contributed by atoms with Crippen LogP contribution < -0.4 is 0 Å². The Morgan fingerprint density at radius 3 is 2.94 bits per heavy atom. The molecule has 0 saturated heterocycles. The fourth-order valence-corrected chi connectivity index (χ4v) is 2.28. The molecule has 0 aliphatic rings. The predicted molar refractivity (Wildman–Crippen MR) is 64.1 cm³/mol. The summed E-state index contributed by atoms with van der Waals surface area (Å²) in [6, 6.07) is 5.01. The lowest BCUT2D eigenvalue weighted by Gasteiger charge is -1.99. The lowest BCUT2D eigenvalue weighted by atomic mass is 10.2. The van der Waals surface area contributed by atoms with Crippen LogP contribution in [-0.2, 0) is 7.05 Å². The van der Waals surface area contributed by atoms with Crippen LogP contribution in [0.5, 0.6) is 0 Å². The number of carboxylic acids is 1. The van der Waals surface area contributed by atoms with Gasteiger partial charge in [0.05, 0.1) is 16.6 Å². The zero-order valence-corrected chi connectivity index (χ0v) is 9.91. The summed E-state index contributed by atoms with van der Waals surface area (Å²) in [6.45, 7) is 2.06. The Labute approximate surface area is 97.3 Å². The molecular weight excluding hydrogens is 224 g/mol. The van der Waals surface area contributed by atoms with Gasteiger partial charge in [-0.2, -0.15) is 0 Å². The van der Waals surface area contributed by atoms with Gasteiger partial charge in [-0.05, 0) is 24.0 Å². The Morgan fingerprint density at radius 1 is 1.56 bits per heavy atom. The molecule has 0 saturated carbocycles. The highest BCUT2D eigenvalue weighted by molar-refractivity contribution is 7.99. The third-order valence-electron chi connectivity index (χ3n) is 2.36. The van der Waals surface area contributed by atoms with Gasteiger partial charge in [-0.3, -0.25) is 0 Å². The molecule has 4 nitrogen and oxygen atoms in total. The topological polar surface area (TPSA) is 55.1 Å². The number of benzene rings is 1. The third kappa shape index (κ3) is 1.78. The van der Waals surface area contributed by atoms with Crippen LogP contribution in [0.4, 0.5) is 0 Å². The van der Waals surface area contributed by atoms with Crippen molar-refractivity contribution in [3.8, 4) is 0 Å². The molecule has 0 spiro atoms. The molecule has 16 heavy (non-hydrogen) atoms. The summed E-state index contributed by atoms with van der Waals surface area (Å²) in [5.41, 5.74) is 1.97. The quantitative estimate of drug-likeness (QED) is 0.831. The smallest absolute Gasteiger partial charge is 0.335 e. The van der Waals surface area contributed by atoms with Gasteiger partial charge >= 0.3 is 5.97 Å². The van der Waals surface area contributed by atoms with E-state index in [1.807, 2.05) is 11.6 Å². The number of rotatable bonds is 3. The molecule has 0 amide bonds. The molecule has 0 aliphatic heterocycles. The van der Waals surface area contributed by atoms with E-state index in [2.05, 4.69) is 11.9 Å². The van der Waals surface area contributed by atoms with E-state index in [1.165, 1.54) is 0 Å². The summed E-state index contributed by atoms with van der Waals surface area (Å²) >= 11 is 1.65. The number of imidazole rings is 1. The summed E-state index contributed by atoms with van der Waals surface area (Å²) in [7, 11) is 1.94. The van der Waals surface area contributed by atoms with E-state index in [0.717, 1.165) is 21.9 Å². The molecule has 1 aromatic carbocycles. The predicted octanol–water partition coefficient (Wildman–Crippen LogP) is 2.38. The highest BCUT2D eigenvalue weighted by atomic mass is 32.2. The highest BCUT2D eigenvalue weighted by Gasteiger charge is 2.10. The first-order valence-corrected chi connectivity index (χ1v) is 5.94. The minimum Gasteiger partial charge on any atom is -0.478 e. The van der Waals surface area contributed by atoms with E-state index in [4.69, 9.17) is 5.11 Å². The minimum absolute atomic E-state index is 0.277. The number of nitrogens with zero attached hydrogens (tertiary/aromatic N) is 2. The van der Waals surface area contributed by atoms with Gasteiger partial charge in [-0.25, -0.2) is 9.78 Å². The van der Waals surface area contributed by atoms with Crippen LogP contribution in [0.15, 0.2) is 23.4 Å². The maximum atomic E-state index is 10.8. The Bertz CT molecular complexity index is 548. The van der Waals surface area contributed by atoms with Crippen molar-refractivity contribution < 1.29 is 9.90 Å². The number of carboxylic acid groups (broad SMARTS) is 1. The average molecular weight is 236 g/mol. The van der Waals surface area contributed by atoms with Gasteiger partial charge in [0.2, 0.25) is 0 Å². The molecule has 0 bridgehead atoms. The Morgan fingerprint density at radius 2 is 2.31 bits per heavy atom. The SMILES string of the molecule is CCSc1nc2cc(C(=O)O)ccc2n1C. The fourth-order valence-electron chi connectivity index (χ4n) is 1.57. The lowest BCUT2D eigenvalue weighted by Crippen LogP contribution is -1.95. The second-order valence-electron chi connectivity index (χ2n) is 3.40. The summed E-state index contributed by atoms with van der Waals surface area (Å²) in [4.78, 5) is 15.2. The van der Waals surface area contributed by atoms with Gasteiger partial charge in [0, 0.05) is 7.05 Å². The number of carbonyl (C=O) groups is 1. The normalized spacial score (nSPS) is 10.9. The third-order valence-corrected chi connectivity index (χ3v) is 3.27. The van der Waals surface area contributed by atoms with Crippen LogP contribution in [0.1, 0.15) is 17.3 Å². The second-order valence-corrected chi connectivity index (χ2v) is 4.63. The number of fused-ring (bicyclic) bond motifs is 1. The minimum atomic E-state index is -0.919. The van der Waals surface area contributed by atoms with Crippen LogP contribution in [0.25, 0.3) is 11.0 Å². The molecule has 2 rings (SSSR count). The number of aromatic nitrogens is 2. The summed E-state index contributed by atoms with van der Waals surface area (Å²) in [5.74, 6) is 0.0282. The molecule has 0 atom stereocenters. The molecule has 0 fully saturated rings. The van der Waals surface area contributed by atoms with Crippen molar-refractivity contribution in [2.75, 3.05) is 5.75 Å². The number of aromatic carboxylic acids is 1. The summed E-state index contributed by atoms with van der Waals surface area (Å²) < 4.78 is 1.98. The largest absolute Gasteiger partial charge is 0.478 e. The maximum absolute atomic E-state index is 10.8. The fraction of sp³-hybridized carbons (Fsp3) is 0.273. The molecular formula is C11H12N2O2S. The standard InChI is InChI=1S/C11H12N2O2S/c1-3-16-11-12-8-6-7(10(14)15)4-5-9(8)13(11)2/h4-6H,3H2,1-2H3,(H,14,15). The van der Waals surface area contributed by atoms with Crippen molar-refractivity contribution in [1.29, 1.82) is 0 Å². The number of aryl methyl sites for hydroxylation is 1. The van der Waals surface area contributed by atoms with E-state index in [9.17, 15) is 4.79 Å². The first-order chi connectivity index (χ1) is 7.63. The first-order valence-electron chi connectivity index (χ1n) is 4.96. The van der Waals surface area contributed by atoms with Crippen LogP contribution in [-0.4, -0.2) is 26.4 Å². The van der Waals surface area contributed by atoms with Crippen molar-refractivity contribution >= 4 is 28.8 Å². The molecule has 5 heteroatoms. The molecule has 1 aromatic heterocycles. The van der Waals surface area contributed by atoms with E-state index < -0.39 is 5.97 Å². The Balaban J connectivity index is 2.58. The number of thioether (sulfide) groups is 1. The Hall–Kier alpha value is -1.49. The van der Waals surface area contributed by atoms with Crippen LogP contribution in [0, 0.1) is 0 Å². The summed E-state index contributed by atoms with van der Waals surface area (Å²) in [6.07, 6.45) is 0. The van der Waals surface area contributed by atoms with E-state index >= 15 is 0 Å². The van der Waals surface area contributed by atoms with Crippen molar-refractivity contribution in [2.45, 2.75) is 12.1 Å². The van der Waals surface area contributed by atoms with E-state index in [1.54, 1.807) is 30.0 Å². The van der Waals surface area contributed by atoms with Crippen LogP contribution >= 0.6 is 11.8 Å². The lowest BCUT2D eigenvalue weighted by molar-refractivity contribution is 0.0697. The molecule has 0 unspecified atom stereocenters. The zero-order valence-electron chi connectivity index (χ0n) is 9.10. The molecule has 2 aromatic rings. The monoisotopic (exact) mass is 236 g/mol. The van der Waals surface area contributed by atoms with E-state index in [0.29, 0.717) is 0 Å². The number of hydrogen-bond acceptors (Lipinski definition) is 3. The van der Waals surface area contributed by atoms with Gasteiger partial charge in [0.25, 0.3) is 0 Å². The highest BCUT2D eigenvalue weighted by Crippen LogP contribution is 2.23.